The second-order valence-electron chi connectivity index (χ2n) is 5.98. The maximum absolute atomic E-state index is 12.5. The molecule has 0 aliphatic rings. The van der Waals surface area contributed by atoms with Crippen molar-refractivity contribution in [1.82, 2.24) is 9.29 Å². The molecule has 1 aromatic carbocycles. The minimum absolute atomic E-state index is 0.217. The molecule has 0 saturated heterocycles. The SMILES string of the molecule is CCN(CC)S(=O)(=O)c1ccc(N(C)CCOc2ccccc2C)nc1. The van der Waals surface area contributed by atoms with E-state index in [4.69, 9.17) is 4.74 Å². The van der Waals surface area contributed by atoms with Crippen molar-refractivity contribution < 1.29 is 13.2 Å². The van der Waals surface area contributed by atoms with E-state index >= 15 is 0 Å². The molecule has 0 aliphatic heterocycles. The molecular weight excluding hydrogens is 350 g/mol. The smallest absolute Gasteiger partial charge is 0.244 e. The molecule has 0 bridgehead atoms. The topological polar surface area (TPSA) is 62.7 Å². The zero-order valence-corrected chi connectivity index (χ0v) is 16.7. The Bertz CT molecular complexity index is 803. The van der Waals surface area contributed by atoms with Gasteiger partial charge in [0, 0.05) is 26.3 Å². The fourth-order valence-corrected chi connectivity index (χ4v) is 3.99. The lowest BCUT2D eigenvalue weighted by atomic mass is 10.2. The normalized spacial score (nSPS) is 11.6. The zero-order chi connectivity index (χ0) is 19.2. The Morgan fingerprint density at radius 2 is 1.77 bits per heavy atom. The van der Waals surface area contributed by atoms with Gasteiger partial charge in [0.2, 0.25) is 10.0 Å². The summed E-state index contributed by atoms with van der Waals surface area (Å²) in [6.07, 6.45) is 1.42. The van der Waals surface area contributed by atoms with E-state index in [0.717, 1.165) is 11.3 Å². The van der Waals surface area contributed by atoms with Crippen molar-refractivity contribution in [2.24, 2.45) is 0 Å². The average Bonchev–Trinajstić information content (AvgIpc) is 2.64. The number of rotatable bonds is 9. The molecule has 0 unspecified atom stereocenters. The molecular formula is C19H27N3O3S. The zero-order valence-electron chi connectivity index (χ0n) is 15.8. The van der Waals surface area contributed by atoms with Gasteiger partial charge in [0.25, 0.3) is 0 Å². The molecule has 0 radical (unpaired) electrons. The standard InChI is InChI=1S/C19H27N3O3S/c1-5-22(6-2)26(23,24)17-11-12-19(20-15-17)21(4)13-14-25-18-10-8-7-9-16(18)3/h7-12,15H,5-6,13-14H2,1-4H3. The number of nitrogens with zero attached hydrogens (tertiary/aromatic N) is 3. The minimum Gasteiger partial charge on any atom is -0.491 e. The van der Waals surface area contributed by atoms with Crippen LogP contribution >= 0.6 is 0 Å². The van der Waals surface area contributed by atoms with Crippen molar-refractivity contribution in [3.8, 4) is 5.75 Å². The maximum Gasteiger partial charge on any atom is 0.244 e. The fourth-order valence-electron chi connectivity index (χ4n) is 2.59. The van der Waals surface area contributed by atoms with Crippen molar-refractivity contribution in [2.75, 3.05) is 38.2 Å². The monoisotopic (exact) mass is 377 g/mol. The van der Waals surface area contributed by atoms with Gasteiger partial charge in [0.15, 0.2) is 0 Å². The Morgan fingerprint density at radius 1 is 1.08 bits per heavy atom. The summed E-state index contributed by atoms with van der Waals surface area (Å²) in [6.45, 7) is 7.70. The van der Waals surface area contributed by atoms with Crippen LogP contribution in [-0.2, 0) is 10.0 Å². The first-order valence-electron chi connectivity index (χ1n) is 8.76. The van der Waals surface area contributed by atoms with Crippen LogP contribution in [0.1, 0.15) is 19.4 Å². The van der Waals surface area contributed by atoms with Crippen LogP contribution in [-0.4, -0.2) is 51.0 Å². The summed E-state index contributed by atoms with van der Waals surface area (Å²) in [4.78, 5) is 6.46. The van der Waals surface area contributed by atoms with E-state index in [1.54, 1.807) is 12.1 Å². The second-order valence-corrected chi connectivity index (χ2v) is 7.91. The van der Waals surface area contributed by atoms with E-state index in [-0.39, 0.29) is 4.90 Å². The first-order valence-corrected chi connectivity index (χ1v) is 10.2. The van der Waals surface area contributed by atoms with Crippen molar-refractivity contribution in [1.29, 1.82) is 0 Å². The molecule has 0 spiro atoms. The van der Waals surface area contributed by atoms with Gasteiger partial charge in [-0.2, -0.15) is 4.31 Å². The molecule has 1 aromatic heterocycles. The third-order valence-corrected chi connectivity index (χ3v) is 6.27. The highest BCUT2D eigenvalue weighted by Crippen LogP contribution is 2.18. The quantitative estimate of drug-likeness (QED) is 0.672. The molecule has 0 N–H and O–H groups in total. The van der Waals surface area contributed by atoms with Crippen molar-refractivity contribution in [3.05, 3.63) is 48.2 Å². The molecule has 0 fully saturated rings. The molecule has 0 amide bonds. The molecule has 7 heteroatoms. The number of sulfonamides is 1. The van der Waals surface area contributed by atoms with Gasteiger partial charge in [-0.1, -0.05) is 32.0 Å². The molecule has 142 valence electrons. The van der Waals surface area contributed by atoms with Crippen molar-refractivity contribution in [3.63, 3.8) is 0 Å². The van der Waals surface area contributed by atoms with E-state index < -0.39 is 10.0 Å². The number of benzene rings is 1. The Balaban J connectivity index is 1.98. The van der Waals surface area contributed by atoms with Crippen LogP contribution in [0.4, 0.5) is 5.82 Å². The van der Waals surface area contributed by atoms with Gasteiger partial charge in [-0.25, -0.2) is 13.4 Å². The Hall–Kier alpha value is -2.12. The molecule has 0 atom stereocenters. The molecule has 2 rings (SSSR count). The van der Waals surface area contributed by atoms with Gasteiger partial charge in [0.1, 0.15) is 23.1 Å². The number of likely N-dealkylation sites (N-methyl/N-ethyl adjacent to an activating group) is 1. The molecule has 0 aliphatic carbocycles. The van der Waals surface area contributed by atoms with E-state index in [9.17, 15) is 8.42 Å². The number of hydrogen-bond donors (Lipinski definition) is 0. The Labute approximate surface area is 156 Å². The summed E-state index contributed by atoms with van der Waals surface area (Å²) >= 11 is 0. The lowest BCUT2D eigenvalue weighted by molar-refractivity contribution is 0.323. The Morgan fingerprint density at radius 3 is 2.35 bits per heavy atom. The molecule has 6 nitrogen and oxygen atoms in total. The number of hydrogen-bond acceptors (Lipinski definition) is 5. The summed E-state index contributed by atoms with van der Waals surface area (Å²) in [5, 5.41) is 0. The highest BCUT2D eigenvalue weighted by atomic mass is 32.2. The van der Waals surface area contributed by atoms with E-state index in [1.807, 2.05) is 57.0 Å². The summed E-state index contributed by atoms with van der Waals surface area (Å²) in [6, 6.07) is 11.2. The van der Waals surface area contributed by atoms with E-state index in [1.165, 1.54) is 10.5 Å². The van der Waals surface area contributed by atoms with Crippen LogP contribution in [0.2, 0.25) is 0 Å². The summed E-state index contributed by atoms with van der Waals surface area (Å²) in [5.41, 5.74) is 1.10. The van der Waals surface area contributed by atoms with Crippen molar-refractivity contribution >= 4 is 15.8 Å². The minimum atomic E-state index is -3.47. The third kappa shape index (κ3) is 4.74. The van der Waals surface area contributed by atoms with Crippen LogP contribution in [0.5, 0.6) is 5.75 Å². The maximum atomic E-state index is 12.5. The lowest BCUT2D eigenvalue weighted by Crippen LogP contribution is -2.31. The number of aromatic nitrogens is 1. The third-order valence-electron chi connectivity index (χ3n) is 4.23. The molecule has 0 saturated carbocycles. The van der Waals surface area contributed by atoms with Crippen LogP contribution in [0.25, 0.3) is 0 Å². The average molecular weight is 378 g/mol. The van der Waals surface area contributed by atoms with Gasteiger partial charge < -0.3 is 9.64 Å². The van der Waals surface area contributed by atoms with E-state index in [2.05, 4.69) is 4.98 Å². The van der Waals surface area contributed by atoms with Crippen LogP contribution < -0.4 is 9.64 Å². The van der Waals surface area contributed by atoms with Crippen LogP contribution in [0.3, 0.4) is 0 Å². The number of ether oxygens (including phenoxy) is 1. The van der Waals surface area contributed by atoms with Gasteiger partial charge >= 0.3 is 0 Å². The molecule has 2 aromatic rings. The Kier molecular flexibility index (Phi) is 6.99. The van der Waals surface area contributed by atoms with Gasteiger partial charge in [-0.05, 0) is 30.7 Å². The summed E-state index contributed by atoms with van der Waals surface area (Å²) in [5.74, 6) is 1.58. The van der Waals surface area contributed by atoms with Crippen LogP contribution in [0.15, 0.2) is 47.5 Å². The van der Waals surface area contributed by atoms with Crippen LogP contribution in [0, 0.1) is 6.92 Å². The predicted molar refractivity (Wildman–Crippen MR) is 104 cm³/mol. The highest BCUT2D eigenvalue weighted by molar-refractivity contribution is 7.89. The van der Waals surface area contributed by atoms with Gasteiger partial charge in [0.05, 0.1) is 6.54 Å². The highest BCUT2D eigenvalue weighted by Gasteiger charge is 2.22. The fraction of sp³-hybridized carbons (Fsp3) is 0.421. The summed E-state index contributed by atoms with van der Waals surface area (Å²) < 4.78 is 32.2. The van der Waals surface area contributed by atoms with Gasteiger partial charge in [-0.15, -0.1) is 0 Å². The number of para-hydroxylation sites is 1. The summed E-state index contributed by atoms with van der Waals surface area (Å²) in [7, 11) is -1.57. The lowest BCUT2D eigenvalue weighted by Gasteiger charge is -2.21. The number of pyridine rings is 1. The van der Waals surface area contributed by atoms with E-state index in [0.29, 0.717) is 32.1 Å². The first-order chi connectivity index (χ1) is 12.4. The number of anilines is 1. The second kappa shape index (κ2) is 9.00. The largest absolute Gasteiger partial charge is 0.491 e. The van der Waals surface area contributed by atoms with Crippen molar-refractivity contribution in [2.45, 2.75) is 25.7 Å². The molecule has 1 heterocycles. The van der Waals surface area contributed by atoms with Gasteiger partial charge in [-0.3, -0.25) is 0 Å². The first kappa shape index (κ1) is 20.2. The number of aryl methyl sites for hydroxylation is 1. The molecule has 26 heavy (non-hydrogen) atoms. The predicted octanol–water partition coefficient (Wildman–Crippen LogP) is 2.94.